The van der Waals surface area contributed by atoms with Gasteiger partial charge in [0.2, 0.25) is 0 Å². The zero-order valence-corrected chi connectivity index (χ0v) is 10.7. The molecule has 0 radical (unpaired) electrons. The fraction of sp³-hybridized carbons (Fsp3) is 0.333. The number of nitrogens with zero attached hydrogens (tertiary/aromatic N) is 2. The zero-order chi connectivity index (χ0) is 12.6. The number of aromatic nitrogens is 2. The monoisotopic (exact) mass is 252 g/mol. The molecule has 5 heteroatoms. The summed E-state index contributed by atoms with van der Waals surface area (Å²) in [4.78, 5) is 11.6. The topological polar surface area (TPSA) is 44.1 Å². The number of rotatable bonds is 2. The van der Waals surface area contributed by atoms with Crippen LogP contribution in [0, 0.1) is 0 Å². The molecule has 0 unspecified atom stereocenters. The second-order valence-corrected chi connectivity index (χ2v) is 4.50. The normalized spacial score (nSPS) is 11.1. The van der Waals surface area contributed by atoms with Gasteiger partial charge in [0, 0.05) is 16.5 Å². The number of hydrogen-bond donors (Lipinski definition) is 0. The first-order chi connectivity index (χ1) is 8.04. The Labute approximate surface area is 104 Å². The van der Waals surface area contributed by atoms with Crippen molar-refractivity contribution in [1.82, 2.24) is 9.78 Å². The SMILES string of the molecule is COC(=O)c1cc(Cl)cc2c1cnn2C(C)C. The van der Waals surface area contributed by atoms with Crippen LogP contribution in [0.25, 0.3) is 10.9 Å². The Morgan fingerprint density at radius 2 is 2.18 bits per heavy atom. The van der Waals surface area contributed by atoms with Crippen molar-refractivity contribution in [3.05, 3.63) is 28.9 Å². The first-order valence-electron chi connectivity index (χ1n) is 5.29. The van der Waals surface area contributed by atoms with E-state index >= 15 is 0 Å². The first kappa shape index (κ1) is 11.9. The molecule has 0 saturated heterocycles. The molecule has 0 amide bonds. The van der Waals surface area contributed by atoms with Crippen LogP contribution in [0.3, 0.4) is 0 Å². The van der Waals surface area contributed by atoms with Crippen LogP contribution in [0.5, 0.6) is 0 Å². The van der Waals surface area contributed by atoms with Gasteiger partial charge in [-0.1, -0.05) is 11.6 Å². The van der Waals surface area contributed by atoms with Crippen molar-refractivity contribution in [1.29, 1.82) is 0 Å². The molecule has 2 aromatic rings. The third kappa shape index (κ3) is 2.00. The summed E-state index contributed by atoms with van der Waals surface area (Å²) < 4.78 is 6.56. The fourth-order valence-electron chi connectivity index (χ4n) is 1.80. The highest BCUT2D eigenvalue weighted by atomic mass is 35.5. The number of ether oxygens (including phenoxy) is 1. The largest absolute Gasteiger partial charge is 0.465 e. The van der Waals surface area contributed by atoms with E-state index in [4.69, 9.17) is 16.3 Å². The Hall–Kier alpha value is -1.55. The van der Waals surface area contributed by atoms with Crippen molar-refractivity contribution < 1.29 is 9.53 Å². The first-order valence-corrected chi connectivity index (χ1v) is 5.67. The zero-order valence-electron chi connectivity index (χ0n) is 9.90. The third-order valence-electron chi connectivity index (χ3n) is 2.58. The number of benzene rings is 1. The van der Waals surface area contributed by atoms with E-state index in [2.05, 4.69) is 5.10 Å². The van der Waals surface area contributed by atoms with Crippen LogP contribution in [-0.2, 0) is 4.74 Å². The highest BCUT2D eigenvalue weighted by Crippen LogP contribution is 2.26. The number of carbonyl (C=O) groups is 1. The summed E-state index contributed by atoms with van der Waals surface area (Å²) in [6.45, 7) is 4.04. The minimum atomic E-state index is -0.402. The Morgan fingerprint density at radius 1 is 1.47 bits per heavy atom. The van der Waals surface area contributed by atoms with Crippen molar-refractivity contribution in [2.75, 3.05) is 7.11 Å². The maximum absolute atomic E-state index is 11.6. The standard InChI is InChI=1S/C12H13ClN2O2/c1-7(2)15-11-5-8(13)4-9(12(16)17-3)10(11)6-14-15/h4-7H,1-3H3. The van der Waals surface area contributed by atoms with Gasteiger partial charge >= 0.3 is 5.97 Å². The van der Waals surface area contributed by atoms with Crippen LogP contribution in [-0.4, -0.2) is 22.9 Å². The van der Waals surface area contributed by atoms with Crippen LogP contribution in [0.15, 0.2) is 18.3 Å². The van der Waals surface area contributed by atoms with Gasteiger partial charge in [-0.3, -0.25) is 4.68 Å². The Bertz CT molecular complexity index is 575. The summed E-state index contributed by atoms with van der Waals surface area (Å²) in [5.41, 5.74) is 1.29. The summed E-state index contributed by atoms with van der Waals surface area (Å²) in [7, 11) is 1.35. The van der Waals surface area contributed by atoms with E-state index in [1.54, 1.807) is 18.3 Å². The summed E-state index contributed by atoms with van der Waals surface area (Å²) in [6, 6.07) is 3.61. The average molecular weight is 253 g/mol. The minimum absolute atomic E-state index is 0.205. The van der Waals surface area contributed by atoms with E-state index in [9.17, 15) is 4.79 Å². The molecule has 0 saturated carbocycles. The van der Waals surface area contributed by atoms with Crippen LogP contribution in [0.1, 0.15) is 30.2 Å². The molecule has 0 fully saturated rings. The van der Waals surface area contributed by atoms with Gasteiger partial charge in [0.05, 0.1) is 24.4 Å². The van der Waals surface area contributed by atoms with Gasteiger partial charge in [-0.15, -0.1) is 0 Å². The van der Waals surface area contributed by atoms with E-state index < -0.39 is 5.97 Å². The molecule has 0 bridgehead atoms. The van der Waals surface area contributed by atoms with Crippen LogP contribution in [0.4, 0.5) is 0 Å². The summed E-state index contributed by atoms with van der Waals surface area (Å²) >= 11 is 6.01. The number of esters is 1. The molecule has 4 nitrogen and oxygen atoms in total. The van der Waals surface area contributed by atoms with Crippen LogP contribution >= 0.6 is 11.6 Å². The highest BCUT2D eigenvalue weighted by molar-refractivity contribution is 6.32. The van der Waals surface area contributed by atoms with Gasteiger partial charge in [-0.25, -0.2) is 4.79 Å². The predicted octanol–water partition coefficient (Wildman–Crippen LogP) is 3.06. The molecule has 0 N–H and O–H groups in total. The van der Waals surface area contributed by atoms with Gasteiger partial charge in [0.25, 0.3) is 0 Å². The van der Waals surface area contributed by atoms with Gasteiger partial charge in [-0.05, 0) is 26.0 Å². The maximum Gasteiger partial charge on any atom is 0.338 e. The summed E-state index contributed by atoms with van der Waals surface area (Å²) in [6.07, 6.45) is 1.66. The number of methoxy groups -OCH3 is 1. The van der Waals surface area contributed by atoms with E-state index in [1.165, 1.54) is 7.11 Å². The molecular weight excluding hydrogens is 240 g/mol. The number of carbonyl (C=O) groups excluding carboxylic acids is 1. The van der Waals surface area contributed by atoms with Gasteiger partial charge in [-0.2, -0.15) is 5.10 Å². The second-order valence-electron chi connectivity index (χ2n) is 4.06. The smallest absolute Gasteiger partial charge is 0.338 e. The Balaban J connectivity index is 2.74. The lowest BCUT2D eigenvalue weighted by atomic mass is 10.1. The molecule has 0 spiro atoms. The molecule has 0 aliphatic carbocycles. The van der Waals surface area contributed by atoms with Crippen LogP contribution in [0.2, 0.25) is 5.02 Å². The molecule has 17 heavy (non-hydrogen) atoms. The van der Waals surface area contributed by atoms with Crippen molar-refractivity contribution in [3.8, 4) is 0 Å². The van der Waals surface area contributed by atoms with Gasteiger partial charge < -0.3 is 4.74 Å². The number of halogens is 1. The van der Waals surface area contributed by atoms with Crippen molar-refractivity contribution in [3.63, 3.8) is 0 Å². The average Bonchev–Trinajstić information content (AvgIpc) is 2.70. The molecule has 2 rings (SSSR count). The summed E-state index contributed by atoms with van der Waals surface area (Å²) in [5, 5.41) is 5.52. The molecule has 0 aliphatic rings. The van der Waals surface area contributed by atoms with Crippen LogP contribution < -0.4 is 0 Å². The fourth-order valence-corrected chi connectivity index (χ4v) is 2.01. The summed E-state index contributed by atoms with van der Waals surface area (Å²) in [5.74, 6) is -0.402. The molecule has 0 aliphatic heterocycles. The molecule has 0 atom stereocenters. The highest BCUT2D eigenvalue weighted by Gasteiger charge is 2.16. The second kappa shape index (κ2) is 4.37. The minimum Gasteiger partial charge on any atom is -0.465 e. The number of fused-ring (bicyclic) bond motifs is 1. The third-order valence-corrected chi connectivity index (χ3v) is 2.79. The van der Waals surface area contributed by atoms with E-state index in [0.717, 1.165) is 10.9 Å². The lowest BCUT2D eigenvalue weighted by molar-refractivity contribution is 0.0603. The van der Waals surface area contributed by atoms with Crippen molar-refractivity contribution >= 4 is 28.5 Å². The lowest BCUT2D eigenvalue weighted by Gasteiger charge is -2.08. The lowest BCUT2D eigenvalue weighted by Crippen LogP contribution is -2.04. The van der Waals surface area contributed by atoms with Crippen molar-refractivity contribution in [2.45, 2.75) is 19.9 Å². The van der Waals surface area contributed by atoms with Gasteiger partial charge in [0.1, 0.15) is 0 Å². The van der Waals surface area contributed by atoms with E-state index in [1.807, 2.05) is 18.5 Å². The molecule has 1 aromatic carbocycles. The molecule has 90 valence electrons. The quantitative estimate of drug-likeness (QED) is 0.772. The molecular formula is C12H13ClN2O2. The van der Waals surface area contributed by atoms with E-state index in [-0.39, 0.29) is 6.04 Å². The predicted molar refractivity (Wildman–Crippen MR) is 66.5 cm³/mol. The maximum atomic E-state index is 11.6. The molecule has 1 heterocycles. The van der Waals surface area contributed by atoms with Gasteiger partial charge in [0.15, 0.2) is 0 Å². The van der Waals surface area contributed by atoms with Crippen molar-refractivity contribution in [2.24, 2.45) is 0 Å². The Morgan fingerprint density at radius 3 is 2.76 bits per heavy atom. The number of hydrogen-bond acceptors (Lipinski definition) is 3. The Kier molecular flexibility index (Phi) is 3.07. The van der Waals surface area contributed by atoms with E-state index in [0.29, 0.717) is 10.6 Å². The molecule has 1 aromatic heterocycles.